The molecule has 3 rings (SSSR count). The fourth-order valence-electron chi connectivity index (χ4n) is 3.89. The number of hydrogen-bond donors (Lipinski definition) is 1. The SMILES string of the molecule is O=C(C1CCCCCN1)N(CC1CCCCC1)C1CC1. The van der Waals surface area contributed by atoms with E-state index in [0.717, 1.165) is 25.4 Å². The third-order valence-corrected chi connectivity index (χ3v) is 5.31. The molecule has 2 saturated carbocycles. The predicted molar refractivity (Wildman–Crippen MR) is 81.6 cm³/mol. The highest BCUT2D eigenvalue weighted by Gasteiger charge is 2.37. The van der Waals surface area contributed by atoms with Crippen LogP contribution in [-0.2, 0) is 4.79 Å². The Morgan fingerprint density at radius 1 is 0.900 bits per heavy atom. The number of carbonyl (C=O) groups excluding carboxylic acids is 1. The smallest absolute Gasteiger partial charge is 0.239 e. The standard InChI is InChI=1S/C17H30N2O/c20-17(16-9-5-2-6-12-18-16)19(15-10-11-15)13-14-7-3-1-4-8-14/h14-16,18H,1-13H2. The van der Waals surface area contributed by atoms with Crippen molar-refractivity contribution >= 4 is 5.91 Å². The van der Waals surface area contributed by atoms with Crippen molar-refractivity contribution < 1.29 is 4.79 Å². The van der Waals surface area contributed by atoms with Crippen molar-refractivity contribution in [1.82, 2.24) is 10.2 Å². The Morgan fingerprint density at radius 3 is 2.35 bits per heavy atom. The van der Waals surface area contributed by atoms with Gasteiger partial charge in [0.05, 0.1) is 6.04 Å². The maximum absolute atomic E-state index is 12.9. The highest BCUT2D eigenvalue weighted by Crippen LogP contribution is 2.32. The zero-order chi connectivity index (χ0) is 13.8. The number of hydrogen-bond acceptors (Lipinski definition) is 2. The fraction of sp³-hybridized carbons (Fsp3) is 0.941. The molecule has 0 radical (unpaired) electrons. The summed E-state index contributed by atoms with van der Waals surface area (Å²) in [5, 5.41) is 3.49. The van der Waals surface area contributed by atoms with E-state index in [4.69, 9.17) is 0 Å². The van der Waals surface area contributed by atoms with Crippen LogP contribution in [0, 0.1) is 5.92 Å². The molecule has 20 heavy (non-hydrogen) atoms. The summed E-state index contributed by atoms with van der Waals surface area (Å²) >= 11 is 0. The van der Waals surface area contributed by atoms with E-state index in [2.05, 4.69) is 10.2 Å². The molecule has 1 atom stereocenters. The third kappa shape index (κ3) is 3.75. The summed E-state index contributed by atoms with van der Waals surface area (Å²) in [5.74, 6) is 1.19. The lowest BCUT2D eigenvalue weighted by Crippen LogP contribution is -2.48. The van der Waals surface area contributed by atoms with E-state index in [0.29, 0.717) is 11.9 Å². The molecular weight excluding hydrogens is 248 g/mol. The summed E-state index contributed by atoms with van der Waals surface area (Å²) < 4.78 is 0. The molecule has 3 aliphatic rings. The molecule has 3 heteroatoms. The van der Waals surface area contributed by atoms with Crippen molar-refractivity contribution in [1.29, 1.82) is 0 Å². The first kappa shape index (κ1) is 14.4. The molecule has 1 amide bonds. The summed E-state index contributed by atoms with van der Waals surface area (Å²) in [4.78, 5) is 15.1. The number of nitrogens with one attached hydrogen (secondary N) is 1. The van der Waals surface area contributed by atoms with Gasteiger partial charge in [0.15, 0.2) is 0 Å². The Morgan fingerprint density at radius 2 is 1.60 bits per heavy atom. The quantitative estimate of drug-likeness (QED) is 0.857. The van der Waals surface area contributed by atoms with E-state index in [-0.39, 0.29) is 6.04 Å². The van der Waals surface area contributed by atoms with Crippen LogP contribution in [0.2, 0.25) is 0 Å². The predicted octanol–water partition coefficient (Wildman–Crippen LogP) is 3.09. The van der Waals surface area contributed by atoms with E-state index in [1.165, 1.54) is 64.2 Å². The van der Waals surface area contributed by atoms with Crippen LogP contribution in [0.5, 0.6) is 0 Å². The molecule has 0 spiro atoms. The van der Waals surface area contributed by atoms with Crippen molar-refractivity contribution in [3.63, 3.8) is 0 Å². The normalized spacial score (nSPS) is 28.9. The Bertz CT molecular complexity index is 313. The second-order valence-electron chi connectivity index (χ2n) is 7.08. The molecule has 3 fully saturated rings. The van der Waals surface area contributed by atoms with Gasteiger partial charge in [0.1, 0.15) is 0 Å². The second-order valence-corrected chi connectivity index (χ2v) is 7.08. The lowest BCUT2D eigenvalue weighted by molar-refractivity contribution is -0.135. The van der Waals surface area contributed by atoms with Gasteiger partial charge in [0.2, 0.25) is 5.91 Å². The Hall–Kier alpha value is -0.570. The fourth-order valence-corrected chi connectivity index (χ4v) is 3.89. The van der Waals surface area contributed by atoms with Gasteiger partial charge in [-0.2, -0.15) is 0 Å². The number of amides is 1. The van der Waals surface area contributed by atoms with Crippen LogP contribution in [0.15, 0.2) is 0 Å². The first-order chi connectivity index (χ1) is 9.84. The lowest BCUT2D eigenvalue weighted by Gasteiger charge is -2.32. The Kier molecular flexibility index (Phi) is 4.98. The zero-order valence-electron chi connectivity index (χ0n) is 12.8. The average molecular weight is 278 g/mol. The molecule has 1 aliphatic heterocycles. The molecule has 114 valence electrons. The van der Waals surface area contributed by atoms with Gasteiger partial charge in [0, 0.05) is 12.6 Å². The van der Waals surface area contributed by atoms with Crippen LogP contribution >= 0.6 is 0 Å². The molecule has 0 aromatic rings. The van der Waals surface area contributed by atoms with Crippen LogP contribution in [0.4, 0.5) is 0 Å². The molecule has 3 nitrogen and oxygen atoms in total. The largest absolute Gasteiger partial charge is 0.338 e. The van der Waals surface area contributed by atoms with Crippen LogP contribution in [0.25, 0.3) is 0 Å². The topological polar surface area (TPSA) is 32.3 Å². The van der Waals surface area contributed by atoms with E-state index < -0.39 is 0 Å². The van der Waals surface area contributed by atoms with Gasteiger partial charge in [-0.1, -0.05) is 32.1 Å². The lowest BCUT2D eigenvalue weighted by atomic mass is 9.88. The van der Waals surface area contributed by atoms with E-state index in [1.807, 2.05) is 0 Å². The molecule has 1 saturated heterocycles. The van der Waals surface area contributed by atoms with Crippen molar-refractivity contribution in [2.45, 2.75) is 82.7 Å². The molecule has 0 aromatic heterocycles. The average Bonchev–Trinajstić information content (AvgIpc) is 3.31. The summed E-state index contributed by atoms with van der Waals surface area (Å²) in [6.45, 7) is 2.07. The molecule has 1 heterocycles. The van der Waals surface area contributed by atoms with Crippen molar-refractivity contribution in [2.24, 2.45) is 5.92 Å². The van der Waals surface area contributed by atoms with Crippen LogP contribution in [-0.4, -0.2) is 36.0 Å². The van der Waals surface area contributed by atoms with Crippen molar-refractivity contribution in [3.05, 3.63) is 0 Å². The minimum atomic E-state index is 0.113. The number of rotatable bonds is 4. The summed E-state index contributed by atoms with van der Waals surface area (Å²) in [7, 11) is 0. The first-order valence-electron chi connectivity index (χ1n) is 8.88. The maximum atomic E-state index is 12.9. The van der Waals surface area contributed by atoms with E-state index >= 15 is 0 Å². The molecule has 0 aromatic carbocycles. The highest BCUT2D eigenvalue weighted by atomic mass is 16.2. The Balaban J connectivity index is 1.58. The van der Waals surface area contributed by atoms with Crippen molar-refractivity contribution in [3.8, 4) is 0 Å². The highest BCUT2D eigenvalue weighted by molar-refractivity contribution is 5.82. The molecular formula is C17H30N2O. The molecule has 1 N–H and O–H groups in total. The number of carbonyl (C=O) groups is 1. The zero-order valence-corrected chi connectivity index (χ0v) is 12.8. The van der Waals surface area contributed by atoms with Gasteiger partial charge in [-0.25, -0.2) is 0 Å². The Labute approximate surface area is 123 Å². The van der Waals surface area contributed by atoms with Gasteiger partial charge in [0.25, 0.3) is 0 Å². The monoisotopic (exact) mass is 278 g/mol. The maximum Gasteiger partial charge on any atom is 0.239 e. The minimum Gasteiger partial charge on any atom is -0.338 e. The third-order valence-electron chi connectivity index (χ3n) is 5.31. The van der Waals surface area contributed by atoms with Crippen molar-refractivity contribution in [2.75, 3.05) is 13.1 Å². The van der Waals surface area contributed by atoms with E-state index in [9.17, 15) is 4.79 Å². The molecule has 1 unspecified atom stereocenters. The summed E-state index contributed by atoms with van der Waals surface area (Å²) in [5.41, 5.74) is 0. The molecule has 0 bridgehead atoms. The van der Waals surface area contributed by atoms with Gasteiger partial charge in [-0.05, 0) is 51.0 Å². The van der Waals surface area contributed by atoms with Crippen LogP contribution < -0.4 is 5.32 Å². The second kappa shape index (κ2) is 6.93. The van der Waals surface area contributed by atoms with Gasteiger partial charge < -0.3 is 10.2 Å². The molecule has 2 aliphatic carbocycles. The van der Waals surface area contributed by atoms with Gasteiger partial charge in [-0.3, -0.25) is 4.79 Å². The first-order valence-corrected chi connectivity index (χ1v) is 8.88. The summed E-state index contributed by atoms with van der Waals surface area (Å²) in [6.07, 6.45) is 14.1. The van der Waals surface area contributed by atoms with Crippen LogP contribution in [0.1, 0.15) is 70.6 Å². The summed E-state index contributed by atoms with van der Waals surface area (Å²) in [6, 6.07) is 0.691. The van der Waals surface area contributed by atoms with Gasteiger partial charge >= 0.3 is 0 Å². The van der Waals surface area contributed by atoms with E-state index in [1.54, 1.807) is 0 Å². The number of nitrogens with zero attached hydrogens (tertiary/aromatic N) is 1. The van der Waals surface area contributed by atoms with Crippen LogP contribution in [0.3, 0.4) is 0 Å². The van der Waals surface area contributed by atoms with Gasteiger partial charge in [-0.15, -0.1) is 0 Å². The minimum absolute atomic E-state index is 0.113.